The maximum atomic E-state index is 12.3. The number of aromatic nitrogens is 2. The molecule has 0 radical (unpaired) electrons. The predicted octanol–water partition coefficient (Wildman–Crippen LogP) is 3.17. The van der Waals surface area contributed by atoms with Crippen molar-refractivity contribution in [1.29, 1.82) is 0 Å². The number of hydrogen-bond donors (Lipinski definition) is 0. The Labute approximate surface area is 140 Å². The van der Waals surface area contributed by atoms with E-state index in [0.717, 1.165) is 49.5 Å². The molecule has 2 rings (SSSR count). The molecule has 0 N–H and O–H groups in total. The van der Waals surface area contributed by atoms with Crippen LogP contribution in [0.1, 0.15) is 37.6 Å². The van der Waals surface area contributed by atoms with Crippen molar-refractivity contribution >= 4 is 39.9 Å². The largest absolute Gasteiger partial charge is 0.332 e. The van der Waals surface area contributed by atoms with Crippen molar-refractivity contribution < 1.29 is 4.79 Å². The maximum Gasteiger partial charge on any atom is 0.332 e. The second-order valence-corrected chi connectivity index (χ2v) is 6.67. The van der Waals surface area contributed by atoms with Crippen molar-refractivity contribution in [2.45, 2.75) is 39.0 Å². The quantitative estimate of drug-likeness (QED) is 0.538. The number of amides is 2. The molecule has 2 amide bonds. The smallest absolute Gasteiger partial charge is 0.320 e. The van der Waals surface area contributed by atoms with Gasteiger partial charge in [-0.2, -0.15) is 0 Å². The fourth-order valence-corrected chi connectivity index (χ4v) is 3.20. The first-order chi connectivity index (χ1) is 10.7. The van der Waals surface area contributed by atoms with E-state index in [1.54, 1.807) is 16.8 Å². The topological polar surface area (TPSA) is 61.7 Å². The van der Waals surface area contributed by atoms with Gasteiger partial charge in [-0.25, -0.2) is 9.69 Å². The third kappa shape index (κ3) is 4.16. The molecule has 122 valence electrons. The molecule has 0 aromatic carbocycles. The summed E-state index contributed by atoms with van der Waals surface area (Å²) in [5, 5.41) is 9.81. The molecule has 0 spiro atoms. The third-order valence-electron chi connectivity index (χ3n) is 3.38. The van der Waals surface area contributed by atoms with E-state index in [2.05, 4.69) is 22.1 Å². The van der Waals surface area contributed by atoms with Crippen LogP contribution in [0.4, 0.5) is 9.93 Å². The van der Waals surface area contributed by atoms with Gasteiger partial charge < -0.3 is 4.90 Å². The van der Waals surface area contributed by atoms with Crippen molar-refractivity contribution in [3.8, 4) is 0 Å². The van der Waals surface area contributed by atoms with E-state index in [-0.39, 0.29) is 6.03 Å². The molecule has 1 aromatic heterocycles. The number of urea groups is 1. The Kier molecular flexibility index (Phi) is 6.57. The van der Waals surface area contributed by atoms with Crippen molar-refractivity contribution in [1.82, 2.24) is 15.1 Å². The number of hydrogen-bond acceptors (Lipinski definition) is 5. The second kappa shape index (κ2) is 8.43. The van der Waals surface area contributed by atoms with Gasteiger partial charge in [0, 0.05) is 25.9 Å². The molecule has 1 aliphatic heterocycles. The Morgan fingerprint density at radius 3 is 2.86 bits per heavy atom. The summed E-state index contributed by atoms with van der Waals surface area (Å²) in [5.41, 5.74) is 0. The molecule has 8 heteroatoms. The molecule has 0 atom stereocenters. The van der Waals surface area contributed by atoms with Crippen molar-refractivity contribution in [3.05, 3.63) is 5.01 Å². The van der Waals surface area contributed by atoms with Gasteiger partial charge in [-0.1, -0.05) is 31.1 Å². The molecule has 1 saturated heterocycles. The van der Waals surface area contributed by atoms with Gasteiger partial charge in [-0.3, -0.25) is 4.99 Å². The molecule has 1 aliphatic rings. The number of aryl methyl sites for hydroxylation is 1. The summed E-state index contributed by atoms with van der Waals surface area (Å²) in [6.07, 6.45) is 5.02. The highest BCUT2D eigenvalue weighted by Crippen LogP contribution is 2.26. The summed E-state index contributed by atoms with van der Waals surface area (Å²) >= 11 is 7.14. The molecule has 6 nitrogen and oxygen atoms in total. The summed E-state index contributed by atoms with van der Waals surface area (Å²) in [6, 6.07) is -0.0886. The van der Waals surface area contributed by atoms with Crippen LogP contribution in [0.3, 0.4) is 0 Å². The fraction of sp³-hybridized carbons (Fsp3) is 0.714. The van der Waals surface area contributed by atoms with Crippen LogP contribution < -0.4 is 4.90 Å². The number of rotatable bonds is 8. The first-order valence-corrected chi connectivity index (χ1v) is 8.99. The van der Waals surface area contributed by atoms with E-state index in [1.807, 2.05) is 0 Å². The van der Waals surface area contributed by atoms with Crippen LogP contribution in [0.2, 0.25) is 0 Å². The van der Waals surface area contributed by atoms with Crippen molar-refractivity contribution in [2.24, 2.45) is 4.99 Å². The fourth-order valence-electron chi connectivity index (χ4n) is 2.17. The zero-order valence-electron chi connectivity index (χ0n) is 13.1. The van der Waals surface area contributed by atoms with Gasteiger partial charge >= 0.3 is 6.03 Å². The number of unbranched alkanes of at least 4 members (excludes halogenated alkanes) is 2. The SMILES string of the molecule is CCCCCN=C1CN(C)C(=O)N1c1nnc(CCCCl)s1. The van der Waals surface area contributed by atoms with Crippen molar-refractivity contribution in [3.63, 3.8) is 0 Å². The highest BCUT2D eigenvalue weighted by atomic mass is 35.5. The number of amidine groups is 1. The average Bonchev–Trinajstić information content (AvgIpc) is 3.07. The van der Waals surface area contributed by atoms with Crippen LogP contribution in [-0.2, 0) is 6.42 Å². The lowest BCUT2D eigenvalue weighted by molar-refractivity contribution is 0.229. The van der Waals surface area contributed by atoms with Crippen molar-refractivity contribution in [2.75, 3.05) is 30.9 Å². The van der Waals surface area contributed by atoms with Gasteiger partial charge in [-0.05, 0) is 12.8 Å². The van der Waals surface area contributed by atoms with E-state index in [1.165, 1.54) is 11.3 Å². The first-order valence-electron chi connectivity index (χ1n) is 7.64. The summed E-state index contributed by atoms with van der Waals surface area (Å²) < 4.78 is 0. The number of carbonyl (C=O) groups excluding carboxylic acids is 1. The Morgan fingerprint density at radius 1 is 1.32 bits per heavy atom. The monoisotopic (exact) mass is 343 g/mol. The van der Waals surface area contributed by atoms with E-state index in [9.17, 15) is 4.79 Å². The number of alkyl halides is 1. The number of carbonyl (C=O) groups is 1. The van der Waals surface area contributed by atoms with Crippen LogP contribution in [0.25, 0.3) is 0 Å². The van der Waals surface area contributed by atoms with Crippen LogP contribution >= 0.6 is 22.9 Å². The highest BCUT2D eigenvalue weighted by molar-refractivity contribution is 7.15. The molecule has 1 aromatic rings. The Bertz CT molecular complexity index is 533. The average molecular weight is 344 g/mol. The normalized spacial score (nSPS) is 17.0. The molecule has 0 saturated carbocycles. The van der Waals surface area contributed by atoms with Gasteiger partial charge in [0.15, 0.2) is 0 Å². The lowest BCUT2D eigenvalue weighted by Crippen LogP contribution is -2.31. The predicted molar refractivity (Wildman–Crippen MR) is 91.3 cm³/mol. The molecule has 2 heterocycles. The van der Waals surface area contributed by atoms with Crippen LogP contribution in [0.5, 0.6) is 0 Å². The van der Waals surface area contributed by atoms with Gasteiger partial charge in [0.05, 0.1) is 6.54 Å². The molecule has 22 heavy (non-hydrogen) atoms. The lowest BCUT2D eigenvalue weighted by Gasteiger charge is -2.11. The first kappa shape index (κ1) is 17.1. The van der Waals surface area contributed by atoms with Gasteiger partial charge in [0.2, 0.25) is 5.13 Å². The molecular formula is C14H22ClN5OS. The zero-order valence-corrected chi connectivity index (χ0v) is 14.7. The van der Waals surface area contributed by atoms with Gasteiger partial charge in [0.25, 0.3) is 0 Å². The lowest BCUT2D eigenvalue weighted by atomic mass is 10.2. The van der Waals surface area contributed by atoms with Crippen LogP contribution in [0.15, 0.2) is 4.99 Å². The summed E-state index contributed by atoms with van der Waals surface area (Å²) in [6.45, 7) is 3.44. The van der Waals surface area contributed by atoms with Crippen LogP contribution in [0, 0.1) is 0 Å². The highest BCUT2D eigenvalue weighted by Gasteiger charge is 2.35. The van der Waals surface area contributed by atoms with Crippen LogP contribution in [-0.4, -0.2) is 53.0 Å². The standard InChI is InChI=1S/C14H22ClN5OS/c1-3-4-5-9-16-11-10-19(2)14(21)20(11)13-18-17-12(22-13)7-6-8-15/h3-10H2,1-2H3. The second-order valence-electron chi connectivity index (χ2n) is 5.25. The third-order valence-corrected chi connectivity index (χ3v) is 4.62. The van der Waals surface area contributed by atoms with Gasteiger partial charge in [-0.15, -0.1) is 21.8 Å². The molecule has 1 fully saturated rings. The number of aliphatic imine (C=N–C) groups is 1. The number of nitrogens with zero attached hydrogens (tertiary/aromatic N) is 5. The van der Waals surface area contributed by atoms with E-state index in [4.69, 9.17) is 11.6 Å². The minimum atomic E-state index is -0.0886. The minimum Gasteiger partial charge on any atom is -0.320 e. The summed E-state index contributed by atoms with van der Waals surface area (Å²) in [4.78, 5) is 20.1. The molecule has 0 aliphatic carbocycles. The van der Waals surface area contributed by atoms with E-state index < -0.39 is 0 Å². The van der Waals surface area contributed by atoms with E-state index >= 15 is 0 Å². The number of likely N-dealkylation sites (N-methyl/N-ethyl adjacent to an activating group) is 1. The summed E-state index contributed by atoms with van der Waals surface area (Å²) in [5.74, 6) is 1.37. The molecule has 0 unspecified atom stereocenters. The zero-order chi connectivity index (χ0) is 15.9. The Balaban J connectivity index is 2.10. The maximum absolute atomic E-state index is 12.3. The van der Waals surface area contributed by atoms with Gasteiger partial charge in [0.1, 0.15) is 10.8 Å². The number of anilines is 1. The molecular weight excluding hydrogens is 322 g/mol. The number of halogens is 1. The van der Waals surface area contributed by atoms with E-state index in [0.29, 0.717) is 17.6 Å². The Morgan fingerprint density at radius 2 is 2.14 bits per heavy atom. The Hall–Kier alpha value is -1.21. The molecule has 0 bridgehead atoms. The summed E-state index contributed by atoms with van der Waals surface area (Å²) in [7, 11) is 1.78. The minimum absolute atomic E-state index is 0.0886.